The molecule has 1 aromatic heterocycles. The Balaban J connectivity index is 1.50. The fraction of sp³-hybridized carbons (Fsp3) is 0.120. The summed E-state index contributed by atoms with van der Waals surface area (Å²) in [6, 6.07) is 21.5. The fourth-order valence-corrected chi connectivity index (χ4v) is 3.93. The molecule has 1 heterocycles. The highest BCUT2D eigenvalue weighted by Crippen LogP contribution is 2.29. The van der Waals surface area contributed by atoms with Crippen molar-refractivity contribution >= 4 is 23.9 Å². The highest BCUT2D eigenvalue weighted by atomic mass is 32.2. The van der Waals surface area contributed by atoms with Crippen molar-refractivity contribution < 1.29 is 19.7 Å². The Labute approximate surface area is 206 Å². The molecule has 178 valence electrons. The van der Waals surface area contributed by atoms with Gasteiger partial charge in [-0.2, -0.15) is 5.10 Å². The minimum absolute atomic E-state index is 0.0577. The van der Waals surface area contributed by atoms with E-state index in [9.17, 15) is 15.0 Å². The first-order valence-electron chi connectivity index (χ1n) is 10.8. The molecule has 9 nitrogen and oxygen atoms in total. The number of nitrogens with one attached hydrogen (secondary N) is 1. The van der Waals surface area contributed by atoms with Gasteiger partial charge in [0.2, 0.25) is 0 Å². The number of aromatic nitrogens is 3. The molecule has 0 radical (unpaired) electrons. The van der Waals surface area contributed by atoms with Gasteiger partial charge >= 0.3 is 0 Å². The maximum Gasteiger partial charge on any atom is 0.250 e. The third kappa shape index (κ3) is 5.98. The number of carbonyl (C=O) groups excluding carboxylic acids is 1. The van der Waals surface area contributed by atoms with E-state index in [1.807, 2.05) is 66.1 Å². The molecule has 0 fully saturated rings. The molecule has 4 aromatic rings. The fourth-order valence-electron chi connectivity index (χ4n) is 3.19. The summed E-state index contributed by atoms with van der Waals surface area (Å²) in [6.07, 6.45) is 1.37. The average molecular weight is 490 g/mol. The third-order valence-corrected chi connectivity index (χ3v) is 5.73. The Morgan fingerprint density at radius 2 is 1.83 bits per heavy atom. The molecule has 4 rings (SSSR count). The number of aromatic hydroxyl groups is 2. The van der Waals surface area contributed by atoms with Gasteiger partial charge in [0.05, 0.1) is 18.6 Å². The van der Waals surface area contributed by atoms with Gasteiger partial charge in [-0.1, -0.05) is 42.1 Å². The number of rotatable bonds is 9. The molecule has 3 aromatic carbocycles. The lowest BCUT2D eigenvalue weighted by Crippen LogP contribution is -2.20. The zero-order valence-corrected chi connectivity index (χ0v) is 19.6. The van der Waals surface area contributed by atoms with Crippen LogP contribution in [0.25, 0.3) is 17.1 Å². The number of thioether (sulfide) groups is 1. The number of nitrogens with zero attached hydrogens (tertiary/aromatic N) is 4. The number of carbonyl (C=O) groups is 1. The molecular formula is C25H23N5O4S. The van der Waals surface area contributed by atoms with Crippen molar-refractivity contribution in [1.82, 2.24) is 20.2 Å². The predicted octanol–water partition coefficient (Wildman–Crippen LogP) is 3.99. The molecule has 35 heavy (non-hydrogen) atoms. The SMILES string of the molecule is CCOc1ccc(-n2c(SCC(=O)NN=Cc3ccc(O)c(O)c3)nnc2-c2ccccc2)cc1. The molecule has 0 saturated carbocycles. The zero-order valence-electron chi connectivity index (χ0n) is 18.8. The number of hydrazone groups is 1. The van der Waals surface area contributed by atoms with Crippen molar-refractivity contribution in [2.24, 2.45) is 5.10 Å². The van der Waals surface area contributed by atoms with E-state index in [0.29, 0.717) is 23.2 Å². The second kappa shape index (κ2) is 11.2. The lowest BCUT2D eigenvalue weighted by molar-refractivity contribution is -0.118. The van der Waals surface area contributed by atoms with Crippen molar-refractivity contribution in [3.05, 3.63) is 78.4 Å². The molecule has 0 unspecified atom stereocenters. The van der Waals surface area contributed by atoms with E-state index in [2.05, 4.69) is 20.7 Å². The second-order valence-electron chi connectivity index (χ2n) is 7.26. The molecule has 0 aliphatic carbocycles. The number of benzene rings is 3. The molecule has 0 aliphatic rings. The van der Waals surface area contributed by atoms with E-state index in [1.54, 1.807) is 6.07 Å². The van der Waals surface area contributed by atoms with Gasteiger partial charge < -0.3 is 14.9 Å². The number of hydrogen-bond acceptors (Lipinski definition) is 8. The van der Waals surface area contributed by atoms with E-state index in [4.69, 9.17) is 4.74 Å². The van der Waals surface area contributed by atoms with Crippen molar-refractivity contribution in [2.75, 3.05) is 12.4 Å². The first-order chi connectivity index (χ1) is 17.0. The van der Waals surface area contributed by atoms with E-state index < -0.39 is 0 Å². The topological polar surface area (TPSA) is 122 Å². The van der Waals surface area contributed by atoms with E-state index in [1.165, 1.54) is 30.1 Å². The van der Waals surface area contributed by atoms with Crippen molar-refractivity contribution in [1.29, 1.82) is 0 Å². The number of phenolic OH excluding ortho intramolecular Hbond substituents is 2. The van der Waals surface area contributed by atoms with Crippen LogP contribution >= 0.6 is 11.8 Å². The molecule has 3 N–H and O–H groups in total. The first kappa shape index (κ1) is 23.8. The number of phenols is 2. The van der Waals surface area contributed by atoms with Crippen LogP contribution in [0.15, 0.2) is 83.1 Å². The van der Waals surface area contributed by atoms with Gasteiger partial charge in [0.15, 0.2) is 22.5 Å². The lowest BCUT2D eigenvalue weighted by atomic mass is 10.2. The molecule has 0 spiro atoms. The molecule has 10 heteroatoms. The van der Waals surface area contributed by atoms with Crippen LogP contribution in [0.2, 0.25) is 0 Å². The van der Waals surface area contributed by atoms with Crippen LogP contribution in [0, 0.1) is 0 Å². The summed E-state index contributed by atoms with van der Waals surface area (Å²) in [7, 11) is 0. The van der Waals surface area contributed by atoms with Crippen LogP contribution in [-0.4, -0.2) is 49.5 Å². The molecule has 0 saturated heterocycles. The Morgan fingerprint density at radius 1 is 1.06 bits per heavy atom. The monoisotopic (exact) mass is 489 g/mol. The Hall–Kier alpha value is -4.31. The summed E-state index contributed by atoms with van der Waals surface area (Å²) in [4.78, 5) is 12.4. The maximum absolute atomic E-state index is 12.4. The van der Waals surface area contributed by atoms with Crippen LogP contribution in [0.5, 0.6) is 17.2 Å². The molecule has 0 atom stereocenters. The van der Waals surface area contributed by atoms with Gasteiger partial charge in [-0.25, -0.2) is 5.43 Å². The summed E-state index contributed by atoms with van der Waals surface area (Å²) in [5.74, 6) is 0.647. The number of ether oxygens (including phenoxy) is 1. The summed E-state index contributed by atoms with van der Waals surface area (Å²) < 4.78 is 7.44. The van der Waals surface area contributed by atoms with Gasteiger partial charge in [-0.05, 0) is 55.0 Å². The minimum Gasteiger partial charge on any atom is -0.504 e. The standard InChI is InChI=1S/C25H23N5O4S/c1-2-34-20-11-9-19(10-12-20)30-24(18-6-4-3-5-7-18)28-29-25(30)35-16-23(33)27-26-15-17-8-13-21(31)22(32)14-17/h3-15,31-32H,2,16H2,1H3,(H,27,33). The molecule has 0 bridgehead atoms. The van der Waals surface area contributed by atoms with Gasteiger partial charge in [-0.3, -0.25) is 9.36 Å². The van der Waals surface area contributed by atoms with Crippen LogP contribution in [-0.2, 0) is 4.79 Å². The Bertz CT molecular complexity index is 1320. The maximum atomic E-state index is 12.4. The first-order valence-corrected chi connectivity index (χ1v) is 11.7. The summed E-state index contributed by atoms with van der Waals surface area (Å²) in [5.41, 5.74) is 4.70. The third-order valence-electron chi connectivity index (χ3n) is 4.81. The van der Waals surface area contributed by atoms with Crippen molar-refractivity contribution in [2.45, 2.75) is 12.1 Å². The van der Waals surface area contributed by atoms with Crippen LogP contribution in [0.3, 0.4) is 0 Å². The second-order valence-corrected chi connectivity index (χ2v) is 8.21. The minimum atomic E-state index is -0.336. The van der Waals surface area contributed by atoms with Gasteiger partial charge in [0.1, 0.15) is 5.75 Å². The largest absolute Gasteiger partial charge is 0.504 e. The van der Waals surface area contributed by atoms with Crippen molar-refractivity contribution in [3.8, 4) is 34.3 Å². The lowest BCUT2D eigenvalue weighted by Gasteiger charge is -2.11. The summed E-state index contributed by atoms with van der Waals surface area (Å²) in [6.45, 7) is 2.51. The van der Waals surface area contributed by atoms with Crippen LogP contribution in [0.4, 0.5) is 0 Å². The van der Waals surface area contributed by atoms with Crippen molar-refractivity contribution in [3.63, 3.8) is 0 Å². The highest BCUT2D eigenvalue weighted by molar-refractivity contribution is 7.99. The highest BCUT2D eigenvalue weighted by Gasteiger charge is 2.17. The quantitative estimate of drug-likeness (QED) is 0.141. The average Bonchev–Trinajstić information content (AvgIpc) is 3.30. The molecule has 1 amide bonds. The number of amides is 1. The number of hydrogen-bond donors (Lipinski definition) is 3. The molecular weight excluding hydrogens is 466 g/mol. The zero-order chi connectivity index (χ0) is 24.6. The van der Waals surface area contributed by atoms with E-state index in [-0.39, 0.29) is 23.2 Å². The smallest absolute Gasteiger partial charge is 0.250 e. The summed E-state index contributed by atoms with van der Waals surface area (Å²) in [5, 5.41) is 32.0. The van der Waals surface area contributed by atoms with E-state index >= 15 is 0 Å². The molecule has 0 aliphatic heterocycles. The van der Waals surface area contributed by atoms with Gasteiger partial charge in [-0.15, -0.1) is 10.2 Å². The van der Waals surface area contributed by atoms with E-state index in [0.717, 1.165) is 17.0 Å². The van der Waals surface area contributed by atoms with Crippen LogP contribution < -0.4 is 10.2 Å². The van der Waals surface area contributed by atoms with Gasteiger partial charge in [0.25, 0.3) is 5.91 Å². The Morgan fingerprint density at radius 3 is 2.54 bits per heavy atom. The summed E-state index contributed by atoms with van der Waals surface area (Å²) >= 11 is 1.23. The predicted molar refractivity (Wildman–Crippen MR) is 134 cm³/mol. The Kier molecular flexibility index (Phi) is 7.63. The van der Waals surface area contributed by atoms with Gasteiger partial charge in [0, 0.05) is 11.3 Å². The van der Waals surface area contributed by atoms with Crippen LogP contribution in [0.1, 0.15) is 12.5 Å². The normalized spacial score (nSPS) is 11.0.